The molecular weight excluding hydrogens is 288 g/mol. The Kier molecular flexibility index (Phi) is 6.28. The Balaban J connectivity index is 0.000000240. The van der Waals surface area contributed by atoms with Gasteiger partial charge in [0.1, 0.15) is 6.10 Å². The second-order valence-electron chi connectivity index (χ2n) is 3.96. The Morgan fingerprint density at radius 3 is 2.19 bits per heavy atom. The second kappa shape index (κ2) is 7.95. The number of ether oxygens (including phenoxy) is 1. The molecule has 1 aliphatic heterocycles. The predicted octanol–water partition coefficient (Wildman–Crippen LogP) is 1.03. The van der Waals surface area contributed by atoms with Gasteiger partial charge in [-0.3, -0.25) is 0 Å². The number of carbonyl (C=O) groups is 2. The topological polar surface area (TPSA) is 95.9 Å². The van der Waals surface area contributed by atoms with E-state index in [9.17, 15) is 18.4 Å². The number of hydrogen-bond acceptors (Lipinski definition) is 4. The first-order valence-electron chi connectivity index (χ1n) is 5.85. The fourth-order valence-electron chi connectivity index (χ4n) is 1.24. The maximum absolute atomic E-state index is 13.0. The third-order valence-electron chi connectivity index (χ3n) is 2.32. The van der Waals surface area contributed by atoms with Gasteiger partial charge in [0, 0.05) is 25.2 Å². The van der Waals surface area contributed by atoms with Gasteiger partial charge in [-0.05, 0) is 12.1 Å². The molecule has 2 rings (SSSR count). The third kappa shape index (κ3) is 6.00. The van der Waals surface area contributed by atoms with E-state index in [0.29, 0.717) is 25.2 Å². The monoisotopic (exact) mass is 301 g/mol. The van der Waals surface area contributed by atoms with Crippen molar-refractivity contribution in [3.8, 4) is 5.75 Å². The number of halogens is 2. The van der Waals surface area contributed by atoms with Crippen LogP contribution < -0.4 is 10.1 Å². The fraction of sp³-hybridized carbons (Fsp3) is 0.231. The van der Waals surface area contributed by atoms with Gasteiger partial charge in [-0.2, -0.15) is 4.39 Å². The number of hydrogen-bond donors (Lipinski definition) is 3. The normalized spacial score (nSPS) is 14.0. The van der Waals surface area contributed by atoms with Crippen molar-refractivity contribution >= 4 is 11.9 Å². The van der Waals surface area contributed by atoms with Crippen LogP contribution >= 0.6 is 0 Å². The molecule has 114 valence electrons. The molecule has 0 saturated carbocycles. The maximum atomic E-state index is 13.0. The molecule has 0 bridgehead atoms. The molecule has 0 spiro atoms. The molecule has 0 aliphatic carbocycles. The lowest BCUT2D eigenvalue weighted by Crippen LogP contribution is -2.50. The highest BCUT2D eigenvalue weighted by Crippen LogP contribution is 2.20. The van der Waals surface area contributed by atoms with E-state index in [1.807, 2.05) is 0 Å². The van der Waals surface area contributed by atoms with E-state index < -0.39 is 23.6 Å². The quantitative estimate of drug-likeness (QED) is 0.719. The summed E-state index contributed by atoms with van der Waals surface area (Å²) >= 11 is 0. The van der Waals surface area contributed by atoms with Crippen LogP contribution in [0.25, 0.3) is 0 Å². The van der Waals surface area contributed by atoms with Gasteiger partial charge in [0.2, 0.25) is 5.82 Å². The summed E-state index contributed by atoms with van der Waals surface area (Å²) in [5.41, 5.74) is 0. The lowest BCUT2D eigenvalue weighted by molar-refractivity contribution is -0.134. The number of rotatable bonds is 4. The maximum Gasteiger partial charge on any atom is 0.328 e. The van der Waals surface area contributed by atoms with Gasteiger partial charge >= 0.3 is 11.9 Å². The molecule has 1 aromatic rings. The SMILES string of the molecule is Fc1cccc(OC2CNC2)c1F.O=C(O)/C=C/C(=O)O. The van der Waals surface area contributed by atoms with Gasteiger partial charge in [-0.15, -0.1) is 0 Å². The fourth-order valence-corrected chi connectivity index (χ4v) is 1.24. The highest BCUT2D eigenvalue weighted by molar-refractivity contribution is 5.89. The van der Waals surface area contributed by atoms with Gasteiger partial charge in [0.15, 0.2) is 11.6 Å². The summed E-state index contributed by atoms with van der Waals surface area (Å²) in [5.74, 6) is -4.30. The summed E-state index contributed by atoms with van der Waals surface area (Å²) in [4.78, 5) is 19.1. The molecule has 0 amide bonds. The van der Waals surface area contributed by atoms with Crippen LogP contribution in [0, 0.1) is 11.6 Å². The summed E-state index contributed by atoms with van der Waals surface area (Å²) < 4.78 is 30.9. The lowest BCUT2D eigenvalue weighted by Gasteiger charge is -2.27. The first-order valence-corrected chi connectivity index (χ1v) is 5.85. The van der Waals surface area contributed by atoms with E-state index >= 15 is 0 Å². The minimum atomic E-state index is -1.26. The molecule has 8 heteroatoms. The summed E-state index contributed by atoms with van der Waals surface area (Å²) in [7, 11) is 0. The zero-order chi connectivity index (χ0) is 15.8. The molecule has 1 aliphatic rings. The van der Waals surface area contributed by atoms with Gasteiger partial charge in [-0.1, -0.05) is 6.07 Å². The zero-order valence-electron chi connectivity index (χ0n) is 10.8. The van der Waals surface area contributed by atoms with Gasteiger partial charge in [0.05, 0.1) is 0 Å². The minimum Gasteiger partial charge on any atom is -0.485 e. The Morgan fingerprint density at radius 1 is 1.19 bits per heavy atom. The zero-order valence-corrected chi connectivity index (χ0v) is 10.8. The van der Waals surface area contributed by atoms with E-state index in [0.717, 1.165) is 6.07 Å². The van der Waals surface area contributed by atoms with Crippen LogP contribution in [0.2, 0.25) is 0 Å². The Bertz CT molecular complexity index is 527. The minimum absolute atomic E-state index is 0.00787. The van der Waals surface area contributed by atoms with E-state index in [1.54, 1.807) is 0 Å². The largest absolute Gasteiger partial charge is 0.485 e. The van der Waals surface area contributed by atoms with Crippen molar-refractivity contribution in [1.82, 2.24) is 5.32 Å². The molecule has 6 nitrogen and oxygen atoms in total. The van der Waals surface area contributed by atoms with Crippen LogP contribution in [0.4, 0.5) is 8.78 Å². The molecule has 0 radical (unpaired) electrons. The van der Waals surface area contributed by atoms with Crippen LogP contribution in [0.3, 0.4) is 0 Å². The van der Waals surface area contributed by atoms with Gasteiger partial charge in [0.25, 0.3) is 0 Å². The van der Waals surface area contributed by atoms with E-state index in [1.165, 1.54) is 12.1 Å². The van der Waals surface area contributed by atoms with Crippen molar-refractivity contribution in [2.24, 2.45) is 0 Å². The Morgan fingerprint density at radius 2 is 1.76 bits per heavy atom. The standard InChI is InChI=1S/C9H9F2NO.C4H4O4/c10-7-2-1-3-8(9(7)11)13-6-4-12-5-6;5-3(6)1-2-4(7)8/h1-3,6,12H,4-5H2;1-2H,(H,5,6)(H,7,8)/b;2-1+. The van der Waals surface area contributed by atoms with Crippen LogP contribution in [0.5, 0.6) is 5.75 Å². The molecule has 0 aromatic heterocycles. The molecule has 0 unspecified atom stereocenters. The molecule has 1 fully saturated rings. The first-order chi connectivity index (χ1) is 9.90. The summed E-state index contributed by atoms with van der Waals surface area (Å²) in [6.45, 7) is 1.38. The van der Waals surface area contributed by atoms with E-state index in [-0.39, 0.29) is 11.9 Å². The molecular formula is C13H13F2NO5. The molecule has 1 saturated heterocycles. The van der Waals surface area contributed by atoms with Crippen molar-refractivity contribution in [3.05, 3.63) is 42.0 Å². The number of nitrogens with one attached hydrogen (secondary N) is 1. The summed E-state index contributed by atoms with van der Waals surface area (Å²) in [5, 5.41) is 18.6. The smallest absolute Gasteiger partial charge is 0.328 e. The van der Waals surface area contributed by atoms with Crippen molar-refractivity contribution in [1.29, 1.82) is 0 Å². The Labute approximate surface area is 118 Å². The predicted molar refractivity (Wildman–Crippen MR) is 68.1 cm³/mol. The summed E-state index contributed by atoms with van der Waals surface area (Å²) in [6.07, 6.45) is 1.08. The van der Waals surface area contributed by atoms with Gasteiger partial charge in [-0.25, -0.2) is 14.0 Å². The number of carboxylic acids is 2. The molecule has 3 N–H and O–H groups in total. The molecule has 21 heavy (non-hydrogen) atoms. The van der Waals surface area contributed by atoms with Crippen LogP contribution in [-0.4, -0.2) is 41.3 Å². The summed E-state index contributed by atoms with van der Waals surface area (Å²) in [6, 6.07) is 3.93. The average Bonchev–Trinajstić information content (AvgIpc) is 2.37. The van der Waals surface area contributed by atoms with Crippen LogP contribution in [0.15, 0.2) is 30.4 Å². The van der Waals surface area contributed by atoms with Crippen molar-refractivity contribution in [3.63, 3.8) is 0 Å². The van der Waals surface area contributed by atoms with E-state index in [4.69, 9.17) is 14.9 Å². The molecule has 0 atom stereocenters. The van der Waals surface area contributed by atoms with Crippen molar-refractivity contribution in [2.45, 2.75) is 6.10 Å². The first kappa shape index (κ1) is 16.6. The van der Waals surface area contributed by atoms with E-state index in [2.05, 4.69) is 5.32 Å². The number of aliphatic carboxylic acids is 2. The number of carboxylic acid groups (broad SMARTS) is 2. The van der Waals surface area contributed by atoms with Crippen molar-refractivity contribution in [2.75, 3.05) is 13.1 Å². The average molecular weight is 301 g/mol. The molecule has 1 aromatic carbocycles. The second-order valence-corrected chi connectivity index (χ2v) is 3.96. The highest BCUT2D eigenvalue weighted by Gasteiger charge is 2.20. The Hall–Kier alpha value is -2.48. The van der Waals surface area contributed by atoms with Gasteiger partial charge < -0.3 is 20.3 Å². The van der Waals surface area contributed by atoms with Crippen LogP contribution in [-0.2, 0) is 9.59 Å². The van der Waals surface area contributed by atoms with Crippen LogP contribution in [0.1, 0.15) is 0 Å². The highest BCUT2D eigenvalue weighted by atomic mass is 19.2. The van der Waals surface area contributed by atoms with Crippen molar-refractivity contribution < 1.29 is 33.3 Å². The third-order valence-corrected chi connectivity index (χ3v) is 2.32. The molecule has 1 heterocycles. The number of benzene rings is 1. The lowest BCUT2D eigenvalue weighted by atomic mass is 10.2.